The molecule has 1 fully saturated rings. The lowest BCUT2D eigenvalue weighted by atomic mass is 9.98. The molecule has 1 aliphatic heterocycles. The van der Waals surface area contributed by atoms with E-state index in [0.717, 1.165) is 29.5 Å². The molecule has 0 bridgehead atoms. The second kappa shape index (κ2) is 7.26. The van der Waals surface area contributed by atoms with Crippen LogP contribution in [0.4, 0.5) is 5.82 Å². The van der Waals surface area contributed by atoms with Crippen LogP contribution in [0, 0.1) is 5.92 Å². The molecule has 1 saturated heterocycles. The van der Waals surface area contributed by atoms with Crippen LogP contribution in [0.25, 0.3) is 11.1 Å². The Labute approximate surface area is 157 Å². The van der Waals surface area contributed by atoms with E-state index in [1.807, 2.05) is 54.7 Å². The molecule has 2 aromatic heterocycles. The second-order valence-electron chi connectivity index (χ2n) is 6.45. The van der Waals surface area contributed by atoms with Crippen LogP contribution in [0.15, 0.2) is 67.1 Å². The van der Waals surface area contributed by atoms with E-state index in [1.54, 1.807) is 17.3 Å². The Morgan fingerprint density at radius 1 is 1.00 bits per heavy atom. The number of halogens is 1. The van der Waals surface area contributed by atoms with Gasteiger partial charge in [0.1, 0.15) is 5.82 Å². The average molecular weight is 364 g/mol. The number of amides is 1. The molecule has 0 unspecified atom stereocenters. The smallest absolute Gasteiger partial charge is 0.231 e. The maximum Gasteiger partial charge on any atom is 0.231 e. The normalized spacial score (nSPS) is 16.9. The molecule has 5 heteroatoms. The van der Waals surface area contributed by atoms with Crippen LogP contribution < -0.4 is 4.90 Å². The largest absolute Gasteiger partial charge is 0.297 e. The zero-order chi connectivity index (χ0) is 17.9. The average Bonchev–Trinajstić information content (AvgIpc) is 3.05. The number of hydrogen-bond acceptors (Lipinski definition) is 3. The van der Waals surface area contributed by atoms with Gasteiger partial charge in [0.05, 0.1) is 0 Å². The lowest BCUT2D eigenvalue weighted by Crippen LogP contribution is -2.28. The maximum atomic E-state index is 12.8. The topological polar surface area (TPSA) is 46.1 Å². The van der Waals surface area contributed by atoms with Gasteiger partial charge in [-0.15, -0.1) is 0 Å². The van der Waals surface area contributed by atoms with Crippen LogP contribution in [0.3, 0.4) is 0 Å². The first-order valence-electron chi connectivity index (χ1n) is 8.63. The number of aromatic nitrogens is 2. The van der Waals surface area contributed by atoms with Crippen molar-refractivity contribution in [1.29, 1.82) is 0 Å². The van der Waals surface area contributed by atoms with Crippen LogP contribution in [-0.2, 0) is 11.2 Å². The van der Waals surface area contributed by atoms with E-state index in [0.29, 0.717) is 17.4 Å². The number of hydrogen-bond donors (Lipinski definition) is 0. The summed E-state index contributed by atoms with van der Waals surface area (Å²) >= 11 is 5.93. The fourth-order valence-electron chi connectivity index (χ4n) is 3.32. The molecular formula is C21H18ClN3O. The van der Waals surface area contributed by atoms with Crippen molar-refractivity contribution in [2.45, 2.75) is 12.8 Å². The Hall–Kier alpha value is -2.72. The summed E-state index contributed by atoms with van der Waals surface area (Å²) in [6, 6.07) is 15.5. The van der Waals surface area contributed by atoms with Gasteiger partial charge < -0.3 is 0 Å². The SMILES string of the molecule is O=C1[C@@H](Cc2ccc(Cl)cc2)CCN1c1ccc(-c2ccncc2)cn1. The number of benzene rings is 1. The molecule has 4 nitrogen and oxygen atoms in total. The molecule has 3 aromatic rings. The Kier molecular flexibility index (Phi) is 4.67. The second-order valence-corrected chi connectivity index (χ2v) is 6.88. The molecule has 1 atom stereocenters. The van der Waals surface area contributed by atoms with Gasteiger partial charge in [-0.05, 0) is 60.4 Å². The maximum absolute atomic E-state index is 12.8. The first kappa shape index (κ1) is 16.7. The van der Waals surface area contributed by atoms with Crippen LogP contribution in [0.2, 0.25) is 5.02 Å². The third kappa shape index (κ3) is 3.46. The summed E-state index contributed by atoms with van der Waals surface area (Å²) in [6.45, 7) is 0.707. The minimum atomic E-state index is -0.00199. The molecule has 0 aliphatic carbocycles. The van der Waals surface area contributed by atoms with Crippen molar-refractivity contribution in [2.75, 3.05) is 11.4 Å². The van der Waals surface area contributed by atoms with Crippen LogP contribution in [0.1, 0.15) is 12.0 Å². The molecule has 1 aliphatic rings. The first-order chi connectivity index (χ1) is 12.7. The van der Waals surface area contributed by atoms with Crippen molar-refractivity contribution < 1.29 is 4.79 Å². The van der Waals surface area contributed by atoms with Gasteiger partial charge in [0.25, 0.3) is 0 Å². The predicted molar refractivity (Wildman–Crippen MR) is 103 cm³/mol. The van der Waals surface area contributed by atoms with Gasteiger partial charge in [0.15, 0.2) is 0 Å². The molecule has 130 valence electrons. The van der Waals surface area contributed by atoms with Crippen molar-refractivity contribution in [2.24, 2.45) is 5.92 Å². The Morgan fingerprint density at radius 2 is 1.77 bits per heavy atom. The number of pyridine rings is 2. The fourth-order valence-corrected chi connectivity index (χ4v) is 3.45. The van der Waals surface area contributed by atoms with Gasteiger partial charge in [-0.25, -0.2) is 4.98 Å². The van der Waals surface area contributed by atoms with E-state index < -0.39 is 0 Å². The molecule has 0 radical (unpaired) electrons. The summed E-state index contributed by atoms with van der Waals surface area (Å²) in [5.41, 5.74) is 3.21. The van der Waals surface area contributed by atoms with Gasteiger partial charge >= 0.3 is 0 Å². The van der Waals surface area contributed by atoms with Gasteiger partial charge in [-0.1, -0.05) is 23.7 Å². The molecule has 1 amide bonds. The molecule has 26 heavy (non-hydrogen) atoms. The fraction of sp³-hybridized carbons (Fsp3) is 0.190. The van der Waals surface area contributed by atoms with Crippen LogP contribution in [0.5, 0.6) is 0 Å². The molecule has 0 N–H and O–H groups in total. The molecule has 1 aromatic carbocycles. The molecule has 3 heterocycles. The highest BCUT2D eigenvalue weighted by Crippen LogP contribution is 2.28. The van der Waals surface area contributed by atoms with Crippen molar-refractivity contribution in [3.05, 3.63) is 77.7 Å². The Morgan fingerprint density at radius 3 is 2.46 bits per heavy atom. The lowest BCUT2D eigenvalue weighted by molar-refractivity contribution is -0.120. The molecule has 0 saturated carbocycles. The number of carbonyl (C=O) groups excluding carboxylic acids is 1. The summed E-state index contributed by atoms with van der Waals surface area (Å²) in [6.07, 6.45) is 6.91. The summed E-state index contributed by atoms with van der Waals surface area (Å²) in [5, 5.41) is 0.714. The van der Waals surface area contributed by atoms with Crippen molar-refractivity contribution in [3.8, 4) is 11.1 Å². The van der Waals surface area contributed by atoms with Gasteiger partial charge in [0, 0.05) is 41.6 Å². The monoisotopic (exact) mass is 363 g/mol. The quantitative estimate of drug-likeness (QED) is 0.690. The van der Waals surface area contributed by atoms with Gasteiger partial charge in [0.2, 0.25) is 5.91 Å². The zero-order valence-corrected chi connectivity index (χ0v) is 14.9. The third-order valence-electron chi connectivity index (χ3n) is 4.75. The van der Waals surface area contributed by atoms with E-state index >= 15 is 0 Å². The minimum absolute atomic E-state index is 0.00199. The molecule has 4 rings (SSSR count). The highest BCUT2D eigenvalue weighted by Gasteiger charge is 2.33. The first-order valence-corrected chi connectivity index (χ1v) is 9.01. The van der Waals surface area contributed by atoms with Crippen LogP contribution in [-0.4, -0.2) is 22.4 Å². The summed E-state index contributed by atoms with van der Waals surface area (Å²) in [5.74, 6) is 0.855. The summed E-state index contributed by atoms with van der Waals surface area (Å²) in [4.78, 5) is 23.1. The van der Waals surface area contributed by atoms with E-state index in [4.69, 9.17) is 11.6 Å². The standard InChI is InChI=1S/C21H18ClN3O/c22-19-4-1-15(2-5-19)13-17-9-12-25(21(17)26)20-6-3-18(14-24-20)16-7-10-23-11-8-16/h1-8,10-11,14,17H,9,12-13H2/t17-/m1/s1. The lowest BCUT2D eigenvalue weighted by Gasteiger charge is -2.16. The number of nitrogens with zero attached hydrogens (tertiary/aromatic N) is 3. The van der Waals surface area contributed by atoms with E-state index in [-0.39, 0.29) is 11.8 Å². The van der Waals surface area contributed by atoms with Crippen LogP contribution >= 0.6 is 11.6 Å². The third-order valence-corrected chi connectivity index (χ3v) is 5.00. The Bertz CT molecular complexity index is 895. The predicted octanol–water partition coefficient (Wildman–Crippen LogP) is 4.39. The summed E-state index contributed by atoms with van der Waals surface area (Å²) in [7, 11) is 0. The molecule has 0 spiro atoms. The number of rotatable bonds is 4. The van der Waals surface area contributed by atoms with Gasteiger partial charge in [-0.2, -0.15) is 0 Å². The van der Waals surface area contributed by atoms with E-state index in [1.165, 1.54) is 0 Å². The van der Waals surface area contributed by atoms with Gasteiger partial charge in [-0.3, -0.25) is 14.7 Å². The zero-order valence-electron chi connectivity index (χ0n) is 14.2. The van der Waals surface area contributed by atoms with Crippen molar-refractivity contribution >= 4 is 23.3 Å². The summed E-state index contributed by atoms with van der Waals surface area (Å²) < 4.78 is 0. The minimum Gasteiger partial charge on any atom is -0.297 e. The highest BCUT2D eigenvalue weighted by atomic mass is 35.5. The van der Waals surface area contributed by atoms with E-state index in [2.05, 4.69) is 9.97 Å². The Balaban J connectivity index is 1.47. The number of anilines is 1. The number of carbonyl (C=O) groups is 1. The highest BCUT2D eigenvalue weighted by molar-refractivity contribution is 6.30. The van der Waals surface area contributed by atoms with Crippen molar-refractivity contribution in [1.82, 2.24) is 9.97 Å². The van der Waals surface area contributed by atoms with Crippen molar-refractivity contribution in [3.63, 3.8) is 0 Å². The van der Waals surface area contributed by atoms with E-state index in [9.17, 15) is 4.79 Å². The molecular weight excluding hydrogens is 346 g/mol.